The third kappa shape index (κ3) is 2.11. The van der Waals surface area contributed by atoms with Crippen molar-refractivity contribution in [2.24, 2.45) is 0 Å². The first-order valence-corrected chi connectivity index (χ1v) is 4.74. The van der Waals surface area contributed by atoms with Crippen molar-refractivity contribution >= 4 is 8.03 Å². The Morgan fingerprint density at radius 3 is 2.50 bits per heavy atom. The van der Waals surface area contributed by atoms with Gasteiger partial charge in [-0.3, -0.25) is 0 Å². The number of rotatable bonds is 3. The first kappa shape index (κ1) is 9.33. The van der Waals surface area contributed by atoms with Gasteiger partial charge in [-0.25, -0.2) is 0 Å². The van der Waals surface area contributed by atoms with Crippen LogP contribution >= 0.6 is 8.03 Å². The summed E-state index contributed by atoms with van der Waals surface area (Å²) in [6, 6.07) is 8.79. The monoisotopic (exact) mass is 185 g/mol. The van der Waals surface area contributed by atoms with E-state index in [0.29, 0.717) is 5.56 Å². The van der Waals surface area contributed by atoms with Gasteiger partial charge in [0.15, 0.2) is 0 Å². The fourth-order valence-corrected chi connectivity index (χ4v) is 1.46. The van der Waals surface area contributed by atoms with Gasteiger partial charge in [-0.05, 0) is 4.57 Å². The van der Waals surface area contributed by atoms with Gasteiger partial charge < -0.3 is 5.11 Å². The Hall–Kier alpha value is -0.760. The SMILES string of the molecule is CO[P+](=O)[C@H](O)c1ccccc1. The quantitative estimate of drug-likeness (QED) is 0.733. The predicted molar refractivity (Wildman–Crippen MR) is 46.0 cm³/mol. The van der Waals surface area contributed by atoms with E-state index in [1.165, 1.54) is 7.11 Å². The summed E-state index contributed by atoms with van der Waals surface area (Å²) >= 11 is 0. The molecule has 0 radical (unpaired) electrons. The largest absolute Gasteiger partial charge is 0.545 e. The highest BCUT2D eigenvalue weighted by atomic mass is 31.1. The van der Waals surface area contributed by atoms with Gasteiger partial charge in [0.1, 0.15) is 0 Å². The Labute approximate surface area is 71.9 Å². The highest BCUT2D eigenvalue weighted by Gasteiger charge is 2.30. The van der Waals surface area contributed by atoms with E-state index in [9.17, 15) is 9.67 Å². The average Bonchev–Trinajstić information content (AvgIpc) is 2.17. The van der Waals surface area contributed by atoms with Crippen molar-refractivity contribution in [1.29, 1.82) is 0 Å². The molecule has 0 aliphatic heterocycles. The van der Waals surface area contributed by atoms with Crippen molar-refractivity contribution in [3.8, 4) is 0 Å². The lowest BCUT2D eigenvalue weighted by Crippen LogP contribution is -1.91. The van der Waals surface area contributed by atoms with Crippen LogP contribution in [0.15, 0.2) is 30.3 Å². The molecule has 4 heteroatoms. The van der Waals surface area contributed by atoms with Gasteiger partial charge in [0, 0.05) is 5.56 Å². The van der Waals surface area contributed by atoms with Crippen LogP contribution in [0.4, 0.5) is 0 Å². The third-order valence-electron chi connectivity index (χ3n) is 1.48. The van der Waals surface area contributed by atoms with E-state index in [1.807, 2.05) is 6.07 Å². The van der Waals surface area contributed by atoms with Crippen molar-refractivity contribution in [2.75, 3.05) is 7.11 Å². The van der Waals surface area contributed by atoms with Gasteiger partial charge in [-0.15, -0.1) is 4.52 Å². The van der Waals surface area contributed by atoms with Crippen LogP contribution in [0, 0.1) is 0 Å². The molecule has 0 aliphatic carbocycles. The maximum absolute atomic E-state index is 11.0. The van der Waals surface area contributed by atoms with Crippen LogP contribution in [0.1, 0.15) is 11.4 Å². The second-order valence-electron chi connectivity index (χ2n) is 2.25. The number of hydrogen-bond donors (Lipinski definition) is 1. The fourth-order valence-electron chi connectivity index (χ4n) is 0.847. The Bertz CT molecular complexity index is 260. The Kier molecular flexibility index (Phi) is 3.35. The topological polar surface area (TPSA) is 46.5 Å². The van der Waals surface area contributed by atoms with Crippen molar-refractivity contribution in [3.05, 3.63) is 35.9 Å². The molecule has 0 fully saturated rings. The Balaban J connectivity index is 2.78. The molecule has 1 aromatic carbocycles. The molecule has 0 aromatic heterocycles. The molecule has 1 aromatic rings. The molecule has 64 valence electrons. The van der Waals surface area contributed by atoms with Crippen LogP contribution in [-0.2, 0) is 9.09 Å². The predicted octanol–water partition coefficient (Wildman–Crippen LogP) is 2.07. The van der Waals surface area contributed by atoms with E-state index < -0.39 is 13.9 Å². The standard InChI is InChI=1S/C8H10O3P/c1-11-12(10)8(9)7-5-3-2-4-6-7/h2-6,8-9H,1H3/q+1/t8-/m0/s1. The zero-order chi connectivity index (χ0) is 8.97. The van der Waals surface area contributed by atoms with E-state index in [1.54, 1.807) is 24.3 Å². The van der Waals surface area contributed by atoms with E-state index in [2.05, 4.69) is 4.52 Å². The van der Waals surface area contributed by atoms with E-state index in [-0.39, 0.29) is 0 Å². The van der Waals surface area contributed by atoms with Crippen LogP contribution < -0.4 is 0 Å². The van der Waals surface area contributed by atoms with Crippen molar-refractivity contribution in [1.82, 2.24) is 0 Å². The van der Waals surface area contributed by atoms with Crippen LogP contribution in [-0.4, -0.2) is 12.2 Å². The van der Waals surface area contributed by atoms with Crippen LogP contribution in [0.3, 0.4) is 0 Å². The molecular formula is C8H10O3P+. The molecule has 12 heavy (non-hydrogen) atoms. The molecular weight excluding hydrogens is 175 g/mol. The summed E-state index contributed by atoms with van der Waals surface area (Å²) in [6.45, 7) is 0. The third-order valence-corrected chi connectivity index (χ3v) is 2.53. The molecule has 1 rings (SSSR count). The zero-order valence-electron chi connectivity index (χ0n) is 6.68. The van der Waals surface area contributed by atoms with Gasteiger partial charge in [-0.1, -0.05) is 30.3 Å². The average molecular weight is 185 g/mol. The second-order valence-corrected chi connectivity index (χ2v) is 3.68. The van der Waals surface area contributed by atoms with Crippen molar-refractivity contribution < 1.29 is 14.2 Å². The Morgan fingerprint density at radius 1 is 1.42 bits per heavy atom. The zero-order valence-corrected chi connectivity index (χ0v) is 7.57. The summed E-state index contributed by atoms with van der Waals surface area (Å²) in [7, 11) is -0.700. The van der Waals surface area contributed by atoms with Gasteiger partial charge in [0.2, 0.25) is 0 Å². The molecule has 0 bridgehead atoms. The lowest BCUT2D eigenvalue weighted by Gasteiger charge is -1.96. The van der Waals surface area contributed by atoms with Crippen molar-refractivity contribution in [3.63, 3.8) is 0 Å². The molecule has 0 heterocycles. The number of aliphatic hydroxyl groups excluding tert-OH is 1. The summed E-state index contributed by atoms with van der Waals surface area (Å²) in [4.78, 5) is 0. The molecule has 1 N–H and O–H groups in total. The molecule has 0 saturated heterocycles. The van der Waals surface area contributed by atoms with Gasteiger partial charge in [0.25, 0.3) is 0 Å². The number of benzene rings is 1. The molecule has 2 atom stereocenters. The molecule has 0 amide bonds. The fraction of sp³-hybridized carbons (Fsp3) is 0.250. The smallest absolute Gasteiger partial charge is 0.345 e. The van der Waals surface area contributed by atoms with Gasteiger partial charge >= 0.3 is 13.9 Å². The normalized spacial score (nSPS) is 14.0. The highest BCUT2D eigenvalue weighted by Crippen LogP contribution is 2.38. The first-order valence-electron chi connectivity index (χ1n) is 3.49. The minimum absolute atomic E-state index is 0.612. The molecule has 0 aliphatic rings. The molecule has 3 nitrogen and oxygen atoms in total. The lowest BCUT2D eigenvalue weighted by atomic mass is 10.2. The maximum atomic E-state index is 11.0. The summed E-state index contributed by atoms with van der Waals surface area (Å²) in [5.41, 5.74) is 0.612. The highest BCUT2D eigenvalue weighted by molar-refractivity contribution is 7.39. The number of aliphatic hydroxyl groups is 1. The molecule has 0 spiro atoms. The van der Waals surface area contributed by atoms with Gasteiger partial charge in [0.05, 0.1) is 7.11 Å². The summed E-state index contributed by atoms with van der Waals surface area (Å²) in [5.74, 6) is -1.02. The summed E-state index contributed by atoms with van der Waals surface area (Å²) in [5, 5.41) is 9.38. The number of hydrogen-bond acceptors (Lipinski definition) is 3. The summed E-state index contributed by atoms with van der Waals surface area (Å²) < 4.78 is 15.5. The van der Waals surface area contributed by atoms with Crippen LogP contribution in [0.2, 0.25) is 0 Å². The van der Waals surface area contributed by atoms with Crippen LogP contribution in [0.25, 0.3) is 0 Å². The Morgan fingerprint density at radius 2 is 2.00 bits per heavy atom. The van der Waals surface area contributed by atoms with Crippen molar-refractivity contribution in [2.45, 2.75) is 5.85 Å². The molecule has 1 unspecified atom stereocenters. The van der Waals surface area contributed by atoms with Crippen LogP contribution in [0.5, 0.6) is 0 Å². The molecule has 0 saturated carbocycles. The minimum Gasteiger partial charge on any atom is -0.345 e. The minimum atomic E-state index is -2.01. The van der Waals surface area contributed by atoms with E-state index >= 15 is 0 Å². The lowest BCUT2D eigenvalue weighted by molar-refractivity contribution is 0.234. The first-order chi connectivity index (χ1) is 5.75. The van der Waals surface area contributed by atoms with E-state index in [0.717, 1.165) is 0 Å². The second kappa shape index (κ2) is 4.31. The summed E-state index contributed by atoms with van der Waals surface area (Å²) in [6.07, 6.45) is 0. The maximum Gasteiger partial charge on any atom is 0.545 e. The van der Waals surface area contributed by atoms with Gasteiger partial charge in [-0.2, -0.15) is 0 Å². The van der Waals surface area contributed by atoms with E-state index in [4.69, 9.17) is 0 Å².